The van der Waals surface area contributed by atoms with Crippen molar-refractivity contribution >= 4 is 5.97 Å². The van der Waals surface area contributed by atoms with Crippen LogP contribution in [0.4, 0.5) is 0 Å². The SMILES string of the molecule is COC(=O)C12CCCC3(C(OC)OC1)C1Cc4occc4C(C)C1CCC23. The summed E-state index contributed by atoms with van der Waals surface area (Å²) in [4.78, 5) is 13.0. The summed E-state index contributed by atoms with van der Waals surface area (Å²) in [6.07, 6.45) is 7.65. The zero-order valence-electron chi connectivity index (χ0n) is 16.5. The molecule has 3 aliphatic carbocycles. The highest BCUT2D eigenvalue weighted by atomic mass is 16.7. The Balaban J connectivity index is 1.64. The highest BCUT2D eigenvalue weighted by molar-refractivity contribution is 5.78. The summed E-state index contributed by atoms with van der Waals surface area (Å²) in [5, 5.41) is 0. The van der Waals surface area contributed by atoms with E-state index in [1.54, 1.807) is 7.11 Å². The molecule has 1 aromatic rings. The number of carbonyl (C=O) groups excluding carboxylic acids is 1. The Hall–Kier alpha value is -1.33. The van der Waals surface area contributed by atoms with E-state index in [1.165, 1.54) is 12.7 Å². The van der Waals surface area contributed by atoms with E-state index >= 15 is 0 Å². The van der Waals surface area contributed by atoms with E-state index in [-0.39, 0.29) is 23.6 Å². The van der Waals surface area contributed by atoms with Gasteiger partial charge in [-0.2, -0.15) is 0 Å². The third-order valence-corrected chi connectivity index (χ3v) is 8.60. The number of rotatable bonds is 2. The molecule has 7 atom stereocenters. The molecule has 0 amide bonds. The molecule has 0 radical (unpaired) electrons. The van der Waals surface area contributed by atoms with Crippen molar-refractivity contribution in [1.82, 2.24) is 0 Å². The predicted molar refractivity (Wildman–Crippen MR) is 98.0 cm³/mol. The molecule has 5 heteroatoms. The fourth-order valence-electron chi connectivity index (χ4n) is 7.62. The molecule has 0 N–H and O–H groups in total. The third kappa shape index (κ3) is 2.10. The quantitative estimate of drug-likeness (QED) is 0.735. The number of hydrogen-bond acceptors (Lipinski definition) is 5. The Morgan fingerprint density at radius 3 is 2.89 bits per heavy atom. The lowest BCUT2D eigenvalue weighted by Gasteiger charge is -2.66. The molecule has 7 unspecified atom stereocenters. The Morgan fingerprint density at radius 1 is 1.26 bits per heavy atom. The zero-order chi connectivity index (χ0) is 18.8. The number of furan rings is 1. The molecule has 5 rings (SSSR count). The summed E-state index contributed by atoms with van der Waals surface area (Å²) in [6.45, 7) is 2.76. The van der Waals surface area contributed by atoms with Gasteiger partial charge in [0.05, 0.1) is 25.4 Å². The van der Waals surface area contributed by atoms with Gasteiger partial charge in [0.15, 0.2) is 6.29 Å². The van der Waals surface area contributed by atoms with E-state index in [0.29, 0.717) is 24.4 Å². The highest BCUT2D eigenvalue weighted by Gasteiger charge is 2.70. The van der Waals surface area contributed by atoms with Crippen molar-refractivity contribution in [3.05, 3.63) is 23.7 Å². The number of methoxy groups -OCH3 is 2. The van der Waals surface area contributed by atoms with Gasteiger partial charge in [0.25, 0.3) is 0 Å². The minimum Gasteiger partial charge on any atom is -0.469 e. The van der Waals surface area contributed by atoms with E-state index in [9.17, 15) is 4.79 Å². The summed E-state index contributed by atoms with van der Waals surface area (Å²) >= 11 is 0. The molecule has 2 heterocycles. The minimum absolute atomic E-state index is 0.0906. The van der Waals surface area contributed by atoms with Crippen molar-refractivity contribution in [3.8, 4) is 0 Å². The van der Waals surface area contributed by atoms with E-state index in [0.717, 1.165) is 44.3 Å². The van der Waals surface area contributed by atoms with Crippen LogP contribution in [-0.2, 0) is 25.4 Å². The molecule has 1 aromatic heterocycles. The van der Waals surface area contributed by atoms with Crippen LogP contribution in [0.2, 0.25) is 0 Å². The van der Waals surface area contributed by atoms with Crippen molar-refractivity contribution in [1.29, 1.82) is 0 Å². The topological polar surface area (TPSA) is 57.9 Å². The van der Waals surface area contributed by atoms with Crippen LogP contribution in [0.15, 0.2) is 16.7 Å². The van der Waals surface area contributed by atoms with Gasteiger partial charge in [0.1, 0.15) is 5.76 Å². The first-order valence-electron chi connectivity index (χ1n) is 10.4. The maximum Gasteiger partial charge on any atom is 0.314 e. The molecule has 5 nitrogen and oxygen atoms in total. The number of esters is 1. The molecule has 0 spiro atoms. The zero-order valence-corrected chi connectivity index (χ0v) is 16.5. The van der Waals surface area contributed by atoms with E-state index in [4.69, 9.17) is 18.6 Å². The lowest BCUT2D eigenvalue weighted by atomic mass is 9.41. The standard InChI is InChI=1S/C22H30O5/c1-13-14-5-6-18-21(19(23)24-2)8-4-9-22(18,20(25-3)27-12-21)16(14)11-17-15(13)7-10-26-17/h7,10,13-14,16,18,20H,4-6,8-9,11-12H2,1-3H3. The van der Waals surface area contributed by atoms with Gasteiger partial charge in [-0.1, -0.05) is 13.3 Å². The van der Waals surface area contributed by atoms with Crippen LogP contribution in [0.3, 0.4) is 0 Å². The van der Waals surface area contributed by atoms with Crippen molar-refractivity contribution in [2.75, 3.05) is 20.8 Å². The Morgan fingerprint density at radius 2 is 2.11 bits per heavy atom. The van der Waals surface area contributed by atoms with Crippen LogP contribution >= 0.6 is 0 Å². The first-order valence-corrected chi connectivity index (χ1v) is 10.4. The molecule has 2 bridgehead atoms. The second-order valence-corrected chi connectivity index (χ2v) is 9.18. The molecule has 27 heavy (non-hydrogen) atoms. The maximum atomic E-state index is 13.0. The number of fused-ring (bicyclic) bond motifs is 2. The predicted octanol–water partition coefficient (Wildman–Crippen LogP) is 3.91. The number of ether oxygens (including phenoxy) is 3. The Bertz CT molecular complexity index is 741. The molecular formula is C22H30O5. The summed E-state index contributed by atoms with van der Waals surface area (Å²) in [7, 11) is 3.27. The molecule has 1 saturated heterocycles. The lowest BCUT2D eigenvalue weighted by molar-refractivity contribution is -0.326. The lowest BCUT2D eigenvalue weighted by Crippen LogP contribution is -2.68. The molecule has 2 saturated carbocycles. The van der Waals surface area contributed by atoms with Crippen molar-refractivity contribution in [3.63, 3.8) is 0 Å². The normalized spacial score (nSPS) is 45.4. The average Bonchev–Trinajstić information content (AvgIpc) is 3.16. The largest absolute Gasteiger partial charge is 0.469 e. The molecule has 148 valence electrons. The van der Waals surface area contributed by atoms with Gasteiger partial charge < -0.3 is 18.6 Å². The van der Waals surface area contributed by atoms with Crippen LogP contribution in [0.1, 0.15) is 56.3 Å². The number of carbonyl (C=O) groups is 1. The van der Waals surface area contributed by atoms with Gasteiger partial charge in [0, 0.05) is 18.9 Å². The highest BCUT2D eigenvalue weighted by Crippen LogP contribution is 2.69. The van der Waals surface area contributed by atoms with Crippen LogP contribution in [0.25, 0.3) is 0 Å². The summed E-state index contributed by atoms with van der Waals surface area (Å²) < 4.78 is 23.4. The number of hydrogen-bond donors (Lipinski definition) is 0. The first kappa shape index (κ1) is 17.7. The second-order valence-electron chi connectivity index (χ2n) is 9.18. The minimum atomic E-state index is -0.514. The third-order valence-electron chi connectivity index (χ3n) is 8.60. The summed E-state index contributed by atoms with van der Waals surface area (Å²) in [5.41, 5.74) is 0.715. The van der Waals surface area contributed by atoms with E-state index in [2.05, 4.69) is 13.0 Å². The monoisotopic (exact) mass is 374 g/mol. The van der Waals surface area contributed by atoms with Crippen LogP contribution in [-0.4, -0.2) is 33.1 Å². The smallest absolute Gasteiger partial charge is 0.314 e. The second kappa shape index (κ2) is 6.08. The van der Waals surface area contributed by atoms with Gasteiger partial charge in [-0.3, -0.25) is 4.79 Å². The van der Waals surface area contributed by atoms with Crippen LogP contribution in [0, 0.1) is 28.6 Å². The van der Waals surface area contributed by atoms with Gasteiger partial charge in [0.2, 0.25) is 0 Å². The molecule has 1 aliphatic heterocycles. The first-order chi connectivity index (χ1) is 13.1. The fourth-order valence-corrected chi connectivity index (χ4v) is 7.62. The van der Waals surface area contributed by atoms with Gasteiger partial charge in [-0.25, -0.2) is 0 Å². The average molecular weight is 374 g/mol. The molecule has 0 aromatic carbocycles. The summed E-state index contributed by atoms with van der Waals surface area (Å²) in [5.74, 6) is 2.76. The van der Waals surface area contributed by atoms with Gasteiger partial charge in [-0.05, 0) is 61.0 Å². The fraction of sp³-hybridized carbons (Fsp3) is 0.773. The van der Waals surface area contributed by atoms with E-state index < -0.39 is 5.41 Å². The van der Waals surface area contributed by atoms with Crippen molar-refractivity contribution in [2.24, 2.45) is 28.6 Å². The van der Waals surface area contributed by atoms with Crippen LogP contribution in [0.5, 0.6) is 0 Å². The Kier molecular flexibility index (Phi) is 4.00. The maximum absolute atomic E-state index is 13.0. The molecule has 3 fully saturated rings. The van der Waals surface area contributed by atoms with Gasteiger partial charge >= 0.3 is 5.97 Å². The molecular weight excluding hydrogens is 344 g/mol. The summed E-state index contributed by atoms with van der Waals surface area (Å²) in [6, 6.07) is 2.14. The van der Waals surface area contributed by atoms with Crippen molar-refractivity contribution in [2.45, 2.75) is 57.7 Å². The van der Waals surface area contributed by atoms with Gasteiger partial charge in [-0.15, -0.1) is 0 Å². The Labute approximate surface area is 160 Å². The van der Waals surface area contributed by atoms with E-state index in [1.807, 2.05) is 6.26 Å². The van der Waals surface area contributed by atoms with Crippen LogP contribution < -0.4 is 0 Å². The van der Waals surface area contributed by atoms with Crippen molar-refractivity contribution < 1.29 is 23.4 Å². The molecule has 4 aliphatic rings.